The number of rotatable bonds is 5. The highest BCUT2D eigenvalue weighted by Crippen LogP contribution is 2.42. The van der Waals surface area contributed by atoms with E-state index in [1.807, 2.05) is 24.3 Å². The quantitative estimate of drug-likeness (QED) is 0.896. The summed E-state index contributed by atoms with van der Waals surface area (Å²) in [5, 5.41) is 0. The number of fused-ring (bicyclic) bond motifs is 1. The molecule has 1 saturated carbocycles. The Labute approximate surface area is 117 Å². The van der Waals surface area contributed by atoms with Crippen molar-refractivity contribution in [3.63, 3.8) is 0 Å². The second-order valence-corrected chi connectivity index (χ2v) is 5.17. The lowest BCUT2D eigenvalue weighted by atomic mass is 10.1. The van der Waals surface area contributed by atoms with Gasteiger partial charge in [0.2, 0.25) is 0 Å². The predicted molar refractivity (Wildman–Crippen MR) is 72.6 cm³/mol. The van der Waals surface area contributed by atoms with Gasteiger partial charge >= 0.3 is 0 Å². The van der Waals surface area contributed by atoms with Gasteiger partial charge in [0.15, 0.2) is 6.23 Å². The van der Waals surface area contributed by atoms with E-state index in [0.29, 0.717) is 17.5 Å². The summed E-state index contributed by atoms with van der Waals surface area (Å²) in [7, 11) is 0. The minimum Gasteiger partial charge on any atom is -0.349 e. The molecule has 4 nitrogen and oxygen atoms in total. The van der Waals surface area contributed by atoms with E-state index in [1.165, 1.54) is 0 Å². The summed E-state index contributed by atoms with van der Waals surface area (Å²) in [6, 6.07) is 7.67. The van der Waals surface area contributed by atoms with Gasteiger partial charge in [0.25, 0.3) is 5.91 Å². The average Bonchev–Trinajstić information content (AvgIpc) is 3.27. The Hall–Kier alpha value is -1.72. The van der Waals surface area contributed by atoms with Crippen molar-refractivity contribution in [2.24, 2.45) is 5.73 Å². The van der Waals surface area contributed by atoms with Gasteiger partial charge in [-0.2, -0.15) is 0 Å². The molecule has 1 aliphatic carbocycles. The number of nitrogens with zero attached hydrogens (tertiary/aromatic N) is 1. The molecule has 1 aliphatic heterocycles. The molecule has 2 aliphatic rings. The Balaban J connectivity index is 1.84. The van der Waals surface area contributed by atoms with Crippen LogP contribution in [0.1, 0.15) is 35.0 Å². The largest absolute Gasteiger partial charge is 0.349 e. The molecular weight excluding hydrogens is 259 g/mol. The Morgan fingerprint density at radius 1 is 1.45 bits per heavy atom. The summed E-state index contributed by atoms with van der Waals surface area (Å²) >= 11 is 0. The van der Waals surface area contributed by atoms with Gasteiger partial charge < -0.3 is 15.4 Å². The lowest BCUT2D eigenvalue weighted by Gasteiger charge is -2.25. The molecule has 2 N–H and O–H groups in total. The molecule has 0 spiro atoms. The number of halogens is 1. The van der Waals surface area contributed by atoms with Crippen molar-refractivity contribution in [3.05, 3.63) is 47.3 Å². The van der Waals surface area contributed by atoms with Gasteiger partial charge in [0.05, 0.1) is 12.9 Å². The number of carbonyl (C=O) groups is 1. The minimum absolute atomic E-state index is 0.00614. The summed E-state index contributed by atoms with van der Waals surface area (Å²) in [6.45, 7) is 0.213. The number of hydrogen-bond donors (Lipinski definition) is 1. The fourth-order valence-corrected chi connectivity index (χ4v) is 2.50. The summed E-state index contributed by atoms with van der Waals surface area (Å²) in [5.41, 5.74) is 7.36. The maximum atomic E-state index is 12.6. The summed E-state index contributed by atoms with van der Waals surface area (Å²) in [6.07, 6.45) is 2.06. The number of carbonyl (C=O) groups excluding carboxylic acids is 1. The Kier molecular flexibility index (Phi) is 3.54. The molecule has 20 heavy (non-hydrogen) atoms. The standard InChI is InChI=1S/C15H17FN2O2/c16-7-10(8-17)9-20-15-13-4-2-1-3-12(13)14(19)18(15)11-5-6-11/h1-4,7,11,15H,5-6,8-9,17H2. The van der Waals surface area contributed by atoms with Crippen molar-refractivity contribution < 1.29 is 13.9 Å². The van der Waals surface area contributed by atoms with Gasteiger partial charge in [-0.1, -0.05) is 18.2 Å². The normalized spacial score (nSPS) is 22.3. The third-order valence-corrected chi connectivity index (χ3v) is 3.73. The van der Waals surface area contributed by atoms with Crippen LogP contribution in [0.4, 0.5) is 4.39 Å². The first-order chi connectivity index (χ1) is 9.76. The van der Waals surface area contributed by atoms with Gasteiger partial charge in [0.1, 0.15) is 0 Å². The zero-order valence-electron chi connectivity index (χ0n) is 11.1. The number of ether oxygens (including phenoxy) is 1. The predicted octanol–water partition coefficient (Wildman–Crippen LogP) is 2.13. The average molecular weight is 276 g/mol. The summed E-state index contributed by atoms with van der Waals surface area (Å²) in [4.78, 5) is 14.2. The number of hydrogen-bond acceptors (Lipinski definition) is 3. The van der Waals surface area contributed by atoms with E-state index in [9.17, 15) is 9.18 Å². The zero-order valence-corrected chi connectivity index (χ0v) is 11.1. The highest BCUT2D eigenvalue weighted by Gasteiger charge is 2.45. The molecule has 1 amide bonds. The van der Waals surface area contributed by atoms with Crippen LogP contribution in [0.3, 0.4) is 0 Å². The van der Waals surface area contributed by atoms with Crippen LogP contribution < -0.4 is 5.73 Å². The van der Waals surface area contributed by atoms with Gasteiger partial charge in [-0.15, -0.1) is 0 Å². The molecule has 1 aromatic rings. The van der Waals surface area contributed by atoms with Crippen LogP contribution in [0, 0.1) is 0 Å². The van der Waals surface area contributed by atoms with Gasteiger partial charge in [-0.05, 0) is 24.5 Å². The maximum absolute atomic E-state index is 12.6. The van der Waals surface area contributed by atoms with Crippen molar-refractivity contribution in [2.45, 2.75) is 25.1 Å². The molecule has 1 heterocycles. The fraction of sp³-hybridized carbons (Fsp3) is 0.400. The van der Waals surface area contributed by atoms with Crippen molar-refractivity contribution in [2.75, 3.05) is 13.2 Å². The van der Waals surface area contributed by atoms with E-state index < -0.39 is 6.23 Å². The molecule has 0 saturated heterocycles. The lowest BCUT2D eigenvalue weighted by molar-refractivity contribution is -0.0342. The topological polar surface area (TPSA) is 55.6 Å². The molecule has 3 rings (SSSR count). The third kappa shape index (κ3) is 2.23. The molecule has 1 unspecified atom stereocenters. The highest BCUT2D eigenvalue weighted by atomic mass is 19.1. The second-order valence-electron chi connectivity index (χ2n) is 5.17. The van der Waals surface area contributed by atoms with Crippen LogP contribution in [-0.2, 0) is 4.74 Å². The molecule has 106 valence electrons. The van der Waals surface area contributed by atoms with Crippen LogP contribution in [-0.4, -0.2) is 30.0 Å². The van der Waals surface area contributed by atoms with Crippen LogP contribution in [0.15, 0.2) is 36.2 Å². The molecule has 1 atom stereocenters. The number of amides is 1. The molecular formula is C15H17FN2O2. The molecule has 5 heteroatoms. The minimum atomic E-state index is -0.423. The van der Waals surface area contributed by atoms with Crippen molar-refractivity contribution >= 4 is 5.91 Å². The SMILES string of the molecule is NCC(=CF)COC1c2ccccc2C(=O)N1C1CC1. The Morgan fingerprint density at radius 3 is 2.85 bits per heavy atom. The third-order valence-electron chi connectivity index (χ3n) is 3.73. The Bertz CT molecular complexity index is 555. The van der Waals surface area contributed by atoms with E-state index >= 15 is 0 Å². The van der Waals surface area contributed by atoms with Crippen molar-refractivity contribution in [1.29, 1.82) is 0 Å². The van der Waals surface area contributed by atoms with Crippen molar-refractivity contribution in [3.8, 4) is 0 Å². The molecule has 0 radical (unpaired) electrons. The van der Waals surface area contributed by atoms with Crippen LogP contribution >= 0.6 is 0 Å². The molecule has 1 fully saturated rings. The van der Waals surface area contributed by atoms with Gasteiger partial charge in [-0.25, -0.2) is 4.39 Å². The molecule has 1 aromatic carbocycles. The lowest BCUT2D eigenvalue weighted by Crippen LogP contribution is -2.32. The first kappa shape index (κ1) is 13.3. The summed E-state index contributed by atoms with van der Waals surface area (Å²) in [5.74, 6) is 0.00614. The molecule has 0 aromatic heterocycles. The smallest absolute Gasteiger partial charge is 0.256 e. The van der Waals surface area contributed by atoms with Gasteiger partial charge in [0, 0.05) is 23.7 Å². The zero-order chi connectivity index (χ0) is 14.1. The van der Waals surface area contributed by atoms with Crippen LogP contribution in [0.2, 0.25) is 0 Å². The van der Waals surface area contributed by atoms with E-state index in [0.717, 1.165) is 18.4 Å². The first-order valence-corrected chi connectivity index (χ1v) is 6.77. The van der Waals surface area contributed by atoms with E-state index in [-0.39, 0.29) is 25.1 Å². The molecule has 0 bridgehead atoms. The van der Waals surface area contributed by atoms with E-state index in [2.05, 4.69) is 0 Å². The van der Waals surface area contributed by atoms with E-state index in [1.54, 1.807) is 4.90 Å². The summed E-state index contributed by atoms with van der Waals surface area (Å²) < 4.78 is 18.3. The van der Waals surface area contributed by atoms with Gasteiger partial charge in [-0.3, -0.25) is 4.79 Å². The van der Waals surface area contributed by atoms with Crippen LogP contribution in [0.5, 0.6) is 0 Å². The van der Waals surface area contributed by atoms with Crippen molar-refractivity contribution in [1.82, 2.24) is 4.90 Å². The first-order valence-electron chi connectivity index (χ1n) is 6.77. The Morgan fingerprint density at radius 2 is 2.20 bits per heavy atom. The monoisotopic (exact) mass is 276 g/mol. The van der Waals surface area contributed by atoms with E-state index in [4.69, 9.17) is 10.5 Å². The number of benzene rings is 1. The van der Waals surface area contributed by atoms with Crippen LogP contribution in [0.25, 0.3) is 0 Å². The second kappa shape index (κ2) is 5.34. The highest BCUT2D eigenvalue weighted by molar-refractivity contribution is 5.99. The maximum Gasteiger partial charge on any atom is 0.256 e. The fourth-order valence-electron chi connectivity index (χ4n) is 2.50. The number of nitrogens with two attached hydrogens (primary N) is 1.